The van der Waals surface area contributed by atoms with Crippen molar-refractivity contribution in [3.63, 3.8) is 0 Å². The summed E-state index contributed by atoms with van der Waals surface area (Å²) in [5, 5.41) is 25.6. The maximum Gasteiger partial charge on any atom is 0.509 e. The highest BCUT2D eigenvalue weighted by molar-refractivity contribution is 6.31. The Labute approximate surface area is 438 Å². The van der Waals surface area contributed by atoms with Gasteiger partial charge >= 0.3 is 6.16 Å². The van der Waals surface area contributed by atoms with Crippen LogP contribution < -0.4 is 29.3 Å². The lowest BCUT2D eigenvalue weighted by Crippen LogP contribution is -2.55. The number of para-hydroxylation sites is 6. The second-order valence-electron chi connectivity index (χ2n) is 18.2. The Morgan fingerprint density at radius 3 is 1.71 bits per heavy atom. The van der Waals surface area contributed by atoms with Crippen LogP contribution in [0.3, 0.4) is 0 Å². The third-order valence-electron chi connectivity index (χ3n) is 11.7. The van der Waals surface area contributed by atoms with Crippen molar-refractivity contribution in [2.45, 2.75) is 56.8 Å². The van der Waals surface area contributed by atoms with Crippen LogP contribution in [0.25, 0.3) is 0 Å². The average molecular weight is 1050 g/mol. The normalized spacial score (nSPS) is 20.6. The van der Waals surface area contributed by atoms with Crippen LogP contribution in [0.2, 0.25) is 15.1 Å². The number of nitrogens with zero attached hydrogens (tertiary/aromatic N) is 2. The van der Waals surface area contributed by atoms with Crippen molar-refractivity contribution in [3.8, 4) is 34.5 Å². The molecule has 380 valence electrons. The fourth-order valence-corrected chi connectivity index (χ4v) is 8.99. The summed E-state index contributed by atoms with van der Waals surface area (Å²) in [6.07, 6.45) is 5.05. The largest absolute Gasteiger partial charge is 0.509 e. The third-order valence-corrected chi connectivity index (χ3v) is 12.5. The fraction of sp³-hybridized carbons (Fsp3) is 0.268. The number of hydrogen-bond acceptors (Lipinski definition) is 14. The molecule has 6 aromatic rings. The first-order valence-electron chi connectivity index (χ1n) is 23.6. The van der Waals surface area contributed by atoms with E-state index in [9.17, 15) is 15.0 Å². The summed E-state index contributed by atoms with van der Waals surface area (Å²) in [5.41, 5.74) is 5.08. The molecule has 73 heavy (non-hydrogen) atoms. The molecule has 3 N–H and O–H groups in total. The molecular weight excluding hydrogens is 997 g/mol. The molecule has 5 atom stereocenters. The van der Waals surface area contributed by atoms with E-state index < -0.39 is 30.0 Å². The van der Waals surface area contributed by atoms with Gasteiger partial charge in [-0.1, -0.05) is 89.4 Å². The first-order chi connectivity index (χ1) is 35.3. The monoisotopic (exact) mass is 1050 g/mol. The predicted molar refractivity (Wildman–Crippen MR) is 283 cm³/mol. The van der Waals surface area contributed by atoms with E-state index in [0.717, 1.165) is 57.1 Å². The highest BCUT2D eigenvalue weighted by Gasteiger charge is 2.40. The van der Waals surface area contributed by atoms with Gasteiger partial charge in [-0.25, -0.2) is 4.79 Å². The van der Waals surface area contributed by atoms with Gasteiger partial charge in [-0.05, 0) is 99.6 Å². The standard InChI is InChI=1S/C17H16ClNO4.C17H14ClNO2.C12H8ClNO.C10H16O4/c18-10-5-6-12-16(7-10)23-15-4-2-1-3-11(15)19(12)13-8-22-9-14(20)17(13)21;18-12-7-8-15-17(10-12)21-16-6-2-1-5-14(16)19(15)13-4-3-9-20-11-13;13-8-5-6-10-12(7-8)15-11-4-2-1-3-9(11)14-10;1-10(2,3)14-9(11)13-8-5-4-6-12-7-8/h1-7,13-14,17,20-21H,8-9H2;1-8,10,13H,9,11H2;1-7,14H;4-5,8H,6-7H2,1-3H3/t13-,14-,17+;13-;;/m01../s1. The van der Waals surface area contributed by atoms with Crippen molar-refractivity contribution in [2.24, 2.45) is 0 Å². The molecular formula is C56H54Cl3N3O11. The van der Waals surface area contributed by atoms with Gasteiger partial charge in [-0.2, -0.15) is 0 Å². The van der Waals surface area contributed by atoms with E-state index in [0.29, 0.717) is 59.6 Å². The first kappa shape index (κ1) is 51.4. The van der Waals surface area contributed by atoms with Crippen molar-refractivity contribution < 1.29 is 52.9 Å². The predicted octanol–water partition coefficient (Wildman–Crippen LogP) is 13.3. The molecule has 6 aliphatic rings. The first-order valence-corrected chi connectivity index (χ1v) is 24.8. The number of benzene rings is 6. The minimum atomic E-state index is -0.918. The zero-order valence-electron chi connectivity index (χ0n) is 40.2. The van der Waals surface area contributed by atoms with Crippen LogP contribution in [0, 0.1) is 0 Å². The van der Waals surface area contributed by atoms with Gasteiger partial charge in [0.25, 0.3) is 0 Å². The summed E-state index contributed by atoms with van der Waals surface area (Å²) in [5.74, 6) is 4.50. The van der Waals surface area contributed by atoms with E-state index in [2.05, 4.69) is 28.4 Å². The molecule has 6 heterocycles. The second-order valence-corrected chi connectivity index (χ2v) is 19.6. The molecule has 12 rings (SSSR count). The minimum Gasteiger partial charge on any atom is -0.453 e. The van der Waals surface area contributed by atoms with E-state index >= 15 is 0 Å². The van der Waals surface area contributed by atoms with E-state index in [-0.39, 0.29) is 18.8 Å². The number of aliphatic hydroxyl groups excluding tert-OH is 2. The molecule has 0 aliphatic carbocycles. The molecule has 0 spiro atoms. The summed E-state index contributed by atoms with van der Waals surface area (Å²) >= 11 is 18.1. The molecule has 6 aromatic carbocycles. The van der Waals surface area contributed by atoms with Crippen LogP contribution in [-0.2, 0) is 23.7 Å². The molecule has 0 saturated carbocycles. The summed E-state index contributed by atoms with van der Waals surface area (Å²) < 4.78 is 43.8. The van der Waals surface area contributed by atoms with E-state index in [1.165, 1.54) is 0 Å². The molecule has 0 aromatic heterocycles. The van der Waals surface area contributed by atoms with Crippen molar-refractivity contribution in [1.29, 1.82) is 0 Å². The Kier molecular flexibility index (Phi) is 16.3. The fourth-order valence-electron chi connectivity index (χ4n) is 8.50. The molecule has 1 saturated heterocycles. The maximum absolute atomic E-state index is 11.2. The lowest BCUT2D eigenvalue weighted by molar-refractivity contribution is -0.0964. The SMILES string of the molecule is CC(C)(C)OC(=O)OC1C=CCOC1.Clc1ccc2c(c1)Oc1ccccc1N2.Clc1ccc2c(c1)Oc1ccccc1N2[C@@H]1C=CCOC1.O[C@H]1[C@@H](O)COC[C@@H]1N1c2ccccc2Oc2cc(Cl)ccc21. The number of rotatable bonds is 3. The topological polar surface area (TPSA) is 150 Å². The van der Waals surface area contributed by atoms with Gasteiger partial charge in [0.2, 0.25) is 0 Å². The molecule has 0 amide bonds. The van der Waals surface area contributed by atoms with Crippen LogP contribution in [0.4, 0.5) is 38.9 Å². The molecule has 1 fully saturated rings. The summed E-state index contributed by atoms with van der Waals surface area (Å²) in [4.78, 5) is 15.4. The molecule has 1 unspecified atom stereocenters. The van der Waals surface area contributed by atoms with Crippen molar-refractivity contribution >= 4 is 75.1 Å². The van der Waals surface area contributed by atoms with Gasteiger partial charge in [-0.3, -0.25) is 0 Å². The Bertz CT molecular complexity index is 2970. The number of fused-ring (bicyclic) bond motifs is 6. The second kappa shape index (κ2) is 23.2. The van der Waals surface area contributed by atoms with Gasteiger partial charge in [0.1, 0.15) is 23.9 Å². The lowest BCUT2D eigenvalue weighted by Gasteiger charge is -2.43. The van der Waals surface area contributed by atoms with Crippen LogP contribution >= 0.6 is 34.8 Å². The number of aliphatic hydroxyl groups is 2. The highest BCUT2D eigenvalue weighted by Crippen LogP contribution is 2.50. The summed E-state index contributed by atoms with van der Waals surface area (Å²) in [6.45, 7) is 8.14. The lowest BCUT2D eigenvalue weighted by atomic mass is 9.99. The van der Waals surface area contributed by atoms with E-state index in [1.54, 1.807) is 45.0 Å². The number of nitrogens with one attached hydrogen (secondary N) is 1. The summed E-state index contributed by atoms with van der Waals surface area (Å²) in [7, 11) is 0. The number of halogens is 3. The van der Waals surface area contributed by atoms with Crippen LogP contribution in [0.1, 0.15) is 20.8 Å². The Morgan fingerprint density at radius 2 is 1.10 bits per heavy atom. The Balaban J connectivity index is 0.000000122. The zero-order valence-corrected chi connectivity index (χ0v) is 42.4. The van der Waals surface area contributed by atoms with Gasteiger partial charge in [-0.15, -0.1) is 0 Å². The van der Waals surface area contributed by atoms with E-state index in [1.807, 2.05) is 114 Å². The minimum absolute atomic E-state index is 0.136. The number of carbonyl (C=O) groups is 1. The van der Waals surface area contributed by atoms with Gasteiger partial charge in [0.05, 0.1) is 85.8 Å². The van der Waals surface area contributed by atoms with E-state index in [4.69, 9.17) is 72.7 Å². The summed E-state index contributed by atoms with van der Waals surface area (Å²) in [6, 6.07) is 39.8. The maximum atomic E-state index is 11.2. The number of hydrogen-bond donors (Lipinski definition) is 3. The number of anilines is 6. The molecule has 17 heteroatoms. The van der Waals surface area contributed by atoms with Crippen LogP contribution in [0.5, 0.6) is 34.5 Å². The average Bonchev–Trinajstić information content (AvgIpc) is 3.38. The zero-order chi connectivity index (χ0) is 51.1. The number of carbonyl (C=O) groups excluding carboxylic acids is 1. The number of ether oxygens (including phenoxy) is 8. The highest BCUT2D eigenvalue weighted by atomic mass is 35.5. The van der Waals surface area contributed by atoms with Crippen molar-refractivity contribution in [1.82, 2.24) is 0 Å². The molecule has 14 nitrogen and oxygen atoms in total. The smallest absolute Gasteiger partial charge is 0.453 e. The van der Waals surface area contributed by atoms with Gasteiger partial charge < -0.3 is 63.2 Å². The van der Waals surface area contributed by atoms with Crippen molar-refractivity contribution in [3.05, 3.63) is 167 Å². The van der Waals surface area contributed by atoms with Gasteiger partial charge in [0, 0.05) is 33.3 Å². The molecule has 6 aliphatic heterocycles. The van der Waals surface area contributed by atoms with Crippen LogP contribution in [0.15, 0.2) is 152 Å². The molecule has 0 bridgehead atoms. The van der Waals surface area contributed by atoms with Gasteiger partial charge in [0.15, 0.2) is 34.5 Å². The quantitative estimate of drug-likeness (QED) is 0.114. The van der Waals surface area contributed by atoms with Crippen molar-refractivity contribution in [2.75, 3.05) is 54.8 Å². The Hall–Kier alpha value is -6.46. The Morgan fingerprint density at radius 1 is 0.575 bits per heavy atom. The third kappa shape index (κ3) is 12.7. The molecule has 0 radical (unpaired) electrons. The van der Waals surface area contributed by atoms with Crippen LogP contribution in [-0.4, -0.2) is 92.0 Å².